The highest BCUT2D eigenvalue weighted by Gasteiger charge is 2.18. The molecule has 0 radical (unpaired) electrons. The Morgan fingerprint density at radius 2 is 0.661 bits per heavy atom. The van der Waals surface area contributed by atoms with Gasteiger partial charge in [-0.2, -0.15) is 0 Å². The fourth-order valence-corrected chi connectivity index (χ4v) is 8.54. The number of unbranched alkanes of at least 4 members (excludes halogenated alkanes) is 38. The third-order valence-corrected chi connectivity index (χ3v) is 12.8. The molecule has 0 aromatic carbocycles. The molecule has 4 heteroatoms. The van der Waals surface area contributed by atoms with Crippen LogP contribution in [0, 0.1) is 0 Å². The van der Waals surface area contributed by atoms with Crippen molar-refractivity contribution in [2.75, 3.05) is 6.61 Å². The van der Waals surface area contributed by atoms with Gasteiger partial charge in [0.25, 0.3) is 0 Å². The van der Waals surface area contributed by atoms with Crippen molar-refractivity contribution < 1.29 is 15.0 Å². The second-order valence-corrected chi connectivity index (χ2v) is 19.0. The van der Waals surface area contributed by atoms with Crippen LogP contribution in [0.15, 0.2) is 48.6 Å². The Balaban J connectivity index is 3.51. The summed E-state index contributed by atoms with van der Waals surface area (Å²) in [6.45, 7) is 4.32. The monoisotopic (exact) mass is 868 g/mol. The number of aliphatic hydroxyl groups is 2. The third kappa shape index (κ3) is 49.4. The number of carbonyl (C=O) groups is 1. The lowest BCUT2D eigenvalue weighted by Gasteiger charge is -2.20. The molecule has 0 aromatic heterocycles. The van der Waals surface area contributed by atoms with Gasteiger partial charge in [0.1, 0.15) is 0 Å². The highest BCUT2D eigenvalue weighted by molar-refractivity contribution is 5.76. The molecule has 1 amide bonds. The Morgan fingerprint density at radius 3 is 0.984 bits per heavy atom. The Bertz CT molecular complexity index is 985. The van der Waals surface area contributed by atoms with E-state index in [1.165, 1.54) is 225 Å². The van der Waals surface area contributed by atoms with Crippen molar-refractivity contribution >= 4 is 5.91 Å². The molecule has 4 nitrogen and oxygen atoms in total. The van der Waals surface area contributed by atoms with Gasteiger partial charge in [0.2, 0.25) is 5.91 Å². The minimum Gasteiger partial charge on any atom is -0.394 e. The summed E-state index contributed by atoms with van der Waals surface area (Å²) in [5.74, 6) is -0.0740. The van der Waals surface area contributed by atoms with E-state index in [9.17, 15) is 15.0 Å². The van der Waals surface area contributed by atoms with E-state index in [0.717, 1.165) is 51.4 Å². The van der Waals surface area contributed by atoms with Gasteiger partial charge in [0, 0.05) is 6.42 Å². The highest BCUT2D eigenvalue weighted by atomic mass is 16.3. The predicted octanol–water partition coefficient (Wildman–Crippen LogP) is 18.3. The number of hydrogen-bond acceptors (Lipinski definition) is 3. The minimum absolute atomic E-state index is 0.0740. The average molecular weight is 869 g/mol. The first kappa shape index (κ1) is 60.4. The molecule has 2 atom stereocenters. The highest BCUT2D eigenvalue weighted by Crippen LogP contribution is 2.17. The van der Waals surface area contributed by atoms with Crippen LogP contribution in [0.4, 0.5) is 0 Å². The summed E-state index contributed by atoms with van der Waals surface area (Å²) in [6.07, 6.45) is 74.1. The molecule has 364 valence electrons. The second kappa shape index (κ2) is 53.7. The van der Waals surface area contributed by atoms with Crippen molar-refractivity contribution in [3.63, 3.8) is 0 Å². The van der Waals surface area contributed by atoms with E-state index in [4.69, 9.17) is 0 Å². The molecular weight excluding hydrogens is 759 g/mol. The zero-order chi connectivity index (χ0) is 44.9. The first-order valence-corrected chi connectivity index (χ1v) is 27.9. The summed E-state index contributed by atoms with van der Waals surface area (Å²) < 4.78 is 0. The summed E-state index contributed by atoms with van der Waals surface area (Å²) >= 11 is 0. The molecule has 0 aliphatic carbocycles. The van der Waals surface area contributed by atoms with Crippen LogP contribution < -0.4 is 5.32 Å². The van der Waals surface area contributed by atoms with Crippen LogP contribution in [-0.4, -0.2) is 34.9 Å². The van der Waals surface area contributed by atoms with Gasteiger partial charge in [-0.05, 0) is 57.8 Å². The van der Waals surface area contributed by atoms with Gasteiger partial charge in [-0.15, -0.1) is 0 Å². The topological polar surface area (TPSA) is 69.6 Å². The standard InChI is InChI=1S/C58H109NO3/c1-3-5-7-9-11-13-15-17-19-21-23-25-26-27-28-29-30-31-32-34-35-37-39-41-43-45-47-49-51-53-57(61)56(55-60)59-58(62)54-52-50-48-46-44-42-40-38-36-33-24-22-20-18-16-14-12-10-8-6-4-2/h16,18,22,24,36,38,51,53,56-57,60-61H,3-15,17,19-21,23,25-35,37,39-50,52,54-55H2,1-2H3,(H,59,62)/b18-16-,24-22-,38-36-,53-51+. The van der Waals surface area contributed by atoms with Crippen molar-refractivity contribution in [1.82, 2.24) is 5.32 Å². The molecule has 0 saturated heterocycles. The van der Waals surface area contributed by atoms with Gasteiger partial charge in [0.05, 0.1) is 18.8 Å². The lowest BCUT2D eigenvalue weighted by Crippen LogP contribution is -2.45. The molecule has 0 rings (SSSR count). The molecule has 0 saturated carbocycles. The Morgan fingerprint density at radius 1 is 0.387 bits per heavy atom. The third-order valence-electron chi connectivity index (χ3n) is 12.8. The number of rotatable bonds is 51. The quantitative estimate of drug-likeness (QED) is 0.0421. The van der Waals surface area contributed by atoms with Crippen LogP contribution in [0.1, 0.15) is 296 Å². The molecule has 0 aliphatic heterocycles. The minimum atomic E-state index is -0.847. The summed E-state index contributed by atoms with van der Waals surface area (Å²) in [5.41, 5.74) is 0. The van der Waals surface area contributed by atoms with Gasteiger partial charge in [0.15, 0.2) is 0 Å². The van der Waals surface area contributed by atoms with Crippen molar-refractivity contribution in [2.24, 2.45) is 0 Å². The molecular formula is C58H109NO3. The van der Waals surface area contributed by atoms with Gasteiger partial charge < -0.3 is 15.5 Å². The van der Waals surface area contributed by atoms with Crippen LogP contribution in [-0.2, 0) is 4.79 Å². The second-order valence-electron chi connectivity index (χ2n) is 19.0. The van der Waals surface area contributed by atoms with Crippen molar-refractivity contribution in [1.29, 1.82) is 0 Å². The zero-order valence-corrected chi connectivity index (χ0v) is 41.9. The van der Waals surface area contributed by atoms with Crippen LogP contribution >= 0.6 is 0 Å². The van der Waals surface area contributed by atoms with E-state index < -0.39 is 12.1 Å². The van der Waals surface area contributed by atoms with Crippen LogP contribution in [0.3, 0.4) is 0 Å². The van der Waals surface area contributed by atoms with Gasteiger partial charge in [-0.25, -0.2) is 0 Å². The molecule has 3 N–H and O–H groups in total. The van der Waals surface area contributed by atoms with E-state index in [-0.39, 0.29) is 12.5 Å². The number of amides is 1. The van der Waals surface area contributed by atoms with Gasteiger partial charge in [-0.1, -0.05) is 281 Å². The normalized spacial score (nSPS) is 13.2. The molecule has 0 heterocycles. The number of hydrogen-bond donors (Lipinski definition) is 3. The van der Waals surface area contributed by atoms with E-state index >= 15 is 0 Å². The van der Waals surface area contributed by atoms with Gasteiger partial charge >= 0.3 is 0 Å². The maximum Gasteiger partial charge on any atom is 0.220 e. The van der Waals surface area contributed by atoms with Crippen molar-refractivity contribution in [2.45, 2.75) is 309 Å². The van der Waals surface area contributed by atoms with Crippen molar-refractivity contribution in [3.05, 3.63) is 48.6 Å². The van der Waals surface area contributed by atoms with Crippen LogP contribution in [0.25, 0.3) is 0 Å². The first-order valence-electron chi connectivity index (χ1n) is 27.9. The fraction of sp³-hybridized carbons (Fsp3) is 0.845. The molecule has 0 fully saturated rings. The maximum absolute atomic E-state index is 12.5. The number of nitrogens with one attached hydrogen (secondary N) is 1. The average Bonchev–Trinajstić information content (AvgIpc) is 3.28. The molecule has 0 spiro atoms. The number of aliphatic hydroxyl groups excluding tert-OH is 2. The molecule has 62 heavy (non-hydrogen) atoms. The maximum atomic E-state index is 12.5. The lowest BCUT2D eigenvalue weighted by atomic mass is 10.0. The van der Waals surface area contributed by atoms with Crippen LogP contribution in [0.2, 0.25) is 0 Å². The van der Waals surface area contributed by atoms with E-state index in [2.05, 4.69) is 55.6 Å². The fourth-order valence-electron chi connectivity index (χ4n) is 8.54. The summed E-state index contributed by atoms with van der Waals surface area (Å²) in [5, 5.41) is 23.2. The SMILES string of the molecule is CCCCCCC/C=C\C/C=C\C/C=C\CCCCCCCCC(=O)NC(CO)C(O)/C=C/CCCCCCCCCCCCCCCCCCCCCCCCCCCCC. The van der Waals surface area contributed by atoms with E-state index in [1.807, 2.05) is 6.08 Å². The summed E-state index contributed by atoms with van der Waals surface area (Å²) in [4.78, 5) is 12.5. The Kier molecular flexibility index (Phi) is 52.3. The molecule has 0 aliphatic rings. The van der Waals surface area contributed by atoms with E-state index in [0.29, 0.717) is 6.42 Å². The summed E-state index contributed by atoms with van der Waals surface area (Å²) in [7, 11) is 0. The van der Waals surface area contributed by atoms with Crippen LogP contribution in [0.5, 0.6) is 0 Å². The van der Waals surface area contributed by atoms with E-state index in [1.54, 1.807) is 6.08 Å². The lowest BCUT2D eigenvalue weighted by molar-refractivity contribution is -0.123. The molecule has 0 bridgehead atoms. The Labute approximate surface area is 388 Å². The van der Waals surface area contributed by atoms with Crippen molar-refractivity contribution in [3.8, 4) is 0 Å². The summed E-state index contributed by atoms with van der Waals surface area (Å²) in [6, 6.07) is -0.632. The smallest absolute Gasteiger partial charge is 0.220 e. The molecule has 2 unspecified atom stereocenters. The predicted molar refractivity (Wildman–Crippen MR) is 276 cm³/mol. The van der Waals surface area contributed by atoms with Gasteiger partial charge in [-0.3, -0.25) is 4.79 Å². The first-order chi connectivity index (χ1) is 30.7. The molecule has 0 aromatic rings. The number of carbonyl (C=O) groups excluding carboxylic acids is 1. The largest absolute Gasteiger partial charge is 0.394 e. The number of allylic oxidation sites excluding steroid dienone is 7. The zero-order valence-electron chi connectivity index (χ0n) is 41.9. The Hall–Kier alpha value is -1.65.